The molecule has 162 valence electrons. The molecule has 2 fully saturated rings. The molecule has 0 radical (unpaired) electrons. The van der Waals surface area contributed by atoms with Gasteiger partial charge in [-0.3, -0.25) is 0 Å². The number of hydrogen-bond acceptors (Lipinski definition) is 0. The first kappa shape index (κ1) is 19.2. The minimum atomic E-state index is 0.791. The summed E-state index contributed by atoms with van der Waals surface area (Å²) >= 11 is 0. The van der Waals surface area contributed by atoms with Crippen molar-refractivity contribution in [2.45, 2.75) is 76.0 Å². The second-order valence-corrected chi connectivity index (χ2v) is 10.9. The highest BCUT2D eigenvalue weighted by atomic mass is 14.5. The molecule has 0 heteroatoms. The van der Waals surface area contributed by atoms with E-state index < -0.39 is 0 Å². The number of hydrogen-bond donors (Lipinski definition) is 0. The van der Waals surface area contributed by atoms with E-state index in [1.165, 1.54) is 75.3 Å². The van der Waals surface area contributed by atoms with E-state index >= 15 is 0 Å². The standard InChI is InChI=1S/C32H34/c1-3-11-22(12-4-1)29-24-17-7-8-18-25(24)30(23-13-5-2-6-14-23)32-27-20-10-16-21-15-9-19-26(28(21)27)31(29)32/h1-6,11-14,21,26-28H,7-10,15-20H2. The van der Waals surface area contributed by atoms with Crippen LogP contribution < -0.4 is 0 Å². The van der Waals surface area contributed by atoms with Crippen LogP contribution in [-0.2, 0) is 12.8 Å². The Morgan fingerprint density at radius 2 is 0.969 bits per heavy atom. The van der Waals surface area contributed by atoms with Crippen LogP contribution in [0.1, 0.15) is 85.5 Å². The molecule has 7 rings (SSSR count). The number of fused-ring (bicyclic) bond motifs is 4. The van der Waals surface area contributed by atoms with E-state index in [-0.39, 0.29) is 0 Å². The fourth-order valence-electron chi connectivity index (χ4n) is 8.42. The summed E-state index contributed by atoms with van der Waals surface area (Å²) in [6.07, 6.45) is 13.9. The summed E-state index contributed by atoms with van der Waals surface area (Å²) in [5, 5.41) is 0. The second-order valence-electron chi connectivity index (χ2n) is 10.9. The lowest BCUT2D eigenvalue weighted by atomic mass is 9.63. The summed E-state index contributed by atoms with van der Waals surface area (Å²) in [7, 11) is 0. The number of rotatable bonds is 2. The lowest BCUT2D eigenvalue weighted by molar-refractivity contribution is 0.138. The Morgan fingerprint density at radius 1 is 0.500 bits per heavy atom. The lowest BCUT2D eigenvalue weighted by Gasteiger charge is -2.41. The molecule has 2 atom stereocenters. The van der Waals surface area contributed by atoms with Crippen molar-refractivity contribution in [3.63, 3.8) is 0 Å². The van der Waals surface area contributed by atoms with Gasteiger partial charge in [0.1, 0.15) is 0 Å². The van der Waals surface area contributed by atoms with Gasteiger partial charge >= 0.3 is 0 Å². The van der Waals surface area contributed by atoms with E-state index in [0.717, 1.165) is 23.7 Å². The third kappa shape index (κ3) is 2.74. The van der Waals surface area contributed by atoms with E-state index in [2.05, 4.69) is 60.7 Å². The quantitative estimate of drug-likeness (QED) is 0.390. The third-order valence-corrected chi connectivity index (χ3v) is 9.42. The molecular weight excluding hydrogens is 384 g/mol. The Bertz CT molecular complexity index is 1050. The van der Waals surface area contributed by atoms with Crippen molar-refractivity contribution in [1.82, 2.24) is 0 Å². The van der Waals surface area contributed by atoms with Gasteiger partial charge in [0.15, 0.2) is 0 Å². The minimum Gasteiger partial charge on any atom is -0.0622 e. The molecule has 0 aliphatic heterocycles. The van der Waals surface area contributed by atoms with Crippen LogP contribution in [0.3, 0.4) is 0 Å². The predicted molar refractivity (Wildman–Crippen MR) is 134 cm³/mol. The second kappa shape index (κ2) is 7.62. The van der Waals surface area contributed by atoms with E-state index in [1.54, 1.807) is 33.4 Å². The van der Waals surface area contributed by atoms with E-state index in [9.17, 15) is 0 Å². The Kier molecular flexibility index (Phi) is 4.56. The first-order chi connectivity index (χ1) is 15.9. The van der Waals surface area contributed by atoms with Gasteiger partial charge in [0.25, 0.3) is 0 Å². The van der Waals surface area contributed by atoms with Crippen LogP contribution in [0.5, 0.6) is 0 Å². The van der Waals surface area contributed by atoms with Gasteiger partial charge in [0.05, 0.1) is 0 Å². The molecule has 2 saturated carbocycles. The maximum atomic E-state index is 2.40. The average molecular weight is 419 g/mol. The molecule has 0 heterocycles. The topological polar surface area (TPSA) is 0 Å². The van der Waals surface area contributed by atoms with Gasteiger partial charge in [0, 0.05) is 0 Å². The molecule has 4 aliphatic carbocycles. The molecule has 0 amide bonds. The fraction of sp³-hybridized carbons (Fsp3) is 0.438. The highest BCUT2D eigenvalue weighted by molar-refractivity contribution is 5.86. The van der Waals surface area contributed by atoms with Gasteiger partial charge < -0.3 is 0 Å². The highest BCUT2D eigenvalue weighted by Crippen LogP contribution is 2.65. The monoisotopic (exact) mass is 418 g/mol. The zero-order chi connectivity index (χ0) is 21.1. The Morgan fingerprint density at radius 3 is 1.44 bits per heavy atom. The normalized spacial score (nSPS) is 28.0. The van der Waals surface area contributed by atoms with E-state index in [4.69, 9.17) is 0 Å². The highest BCUT2D eigenvalue weighted by Gasteiger charge is 2.50. The molecule has 32 heavy (non-hydrogen) atoms. The largest absolute Gasteiger partial charge is 0.0622 e. The van der Waals surface area contributed by atoms with E-state index in [1.807, 2.05) is 0 Å². The van der Waals surface area contributed by atoms with Gasteiger partial charge in [-0.1, -0.05) is 86.3 Å². The van der Waals surface area contributed by atoms with Crippen LogP contribution in [-0.4, -0.2) is 0 Å². The van der Waals surface area contributed by atoms with Gasteiger partial charge in [-0.05, 0) is 107 Å². The smallest absolute Gasteiger partial charge is 0.0111 e. The molecule has 2 unspecified atom stereocenters. The van der Waals surface area contributed by atoms with Crippen LogP contribution in [0, 0.1) is 11.8 Å². The molecule has 0 N–H and O–H groups in total. The third-order valence-electron chi connectivity index (χ3n) is 9.42. The van der Waals surface area contributed by atoms with Gasteiger partial charge in [-0.2, -0.15) is 0 Å². The summed E-state index contributed by atoms with van der Waals surface area (Å²) in [5.41, 5.74) is 13.4. The molecule has 4 aliphatic rings. The maximum Gasteiger partial charge on any atom is -0.0111 e. The molecule has 0 bridgehead atoms. The Labute approximate surface area is 193 Å². The predicted octanol–water partition coefficient (Wildman–Crippen LogP) is 8.68. The Balaban J connectivity index is 1.60. The van der Waals surface area contributed by atoms with Crippen LogP contribution >= 0.6 is 0 Å². The van der Waals surface area contributed by atoms with Crippen LogP contribution in [0.2, 0.25) is 0 Å². The first-order valence-electron chi connectivity index (χ1n) is 13.2. The summed E-state index contributed by atoms with van der Waals surface area (Å²) < 4.78 is 0. The van der Waals surface area contributed by atoms with Crippen LogP contribution in [0.4, 0.5) is 0 Å². The van der Waals surface area contributed by atoms with Gasteiger partial charge in [-0.25, -0.2) is 0 Å². The summed E-state index contributed by atoms with van der Waals surface area (Å²) in [6.45, 7) is 0. The summed E-state index contributed by atoms with van der Waals surface area (Å²) in [6, 6.07) is 23.0. The van der Waals surface area contributed by atoms with Crippen molar-refractivity contribution in [2.75, 3.05) is 0 Å². The first-order valence-corrected chi connectivity index (χ1v) is 13.2. The van der Waals surface area contributed by atoms with Crippen molar-refractivity contribution < 1.29 is 0 Å². The molecule has 0 saturated heterocycles. The van der Waals surface area contributed by atoms with Crippen LogP contribution in [0.15, 0.2) is 60.7 Å². The molecule has 0 spiro atoms. The molecule has 3 aromatic rings. The van der Waals surface area contributed by atoms with Gasteiger partial charge in [0.2, 0.25) is 0 Å². The zero-order valence-corrected chi connectivity index (χ0v) is 19.2. The average Bonchev–Trinajstić information content (AvgIpc) is 3.19. The van der Waals surface area contributed by atoms with Crippen molar-refractivity contribution >= 4 is 0 Å². The van der Waals surface area contributed by atoms with Crippen molar-refractivity contribution in [1.29, 1.82) is 0 Å². The molecule has 0 nitrogen and oxygen atoms in total. The van der Waals surface area contributed by atoms with Crippen molar-refractivity contribution in [2.24, 2.45) is 11.8 Å². The lowest BCUT2D eigenvalue weighted by Crippen LogP contribution is -2.30. The minimum absolute atomic E-state index is 0.791. The summed E-state index contributed by atoms with van der Waals surface area (Å²) in [5.74, 6) is 3.45. The molecule has 0 aromatic heterocycles. The Hall–Kier alpha value is -2.34. The van der Waals surface area contributed by atoms with Crippen molar-refractivity contribution in [3.8, 4) is 22.3 Å². The molecular formula is C32H34. The van der Waals surface area contributed by atoms with Gasteiger partial charge in [-0.15, -0.1) is 0 Å². The number of benzene rings is 3. The SMILES string of the molecule is c1ccc(-c2c3c(c(-c4ccccc4)c4c2C2CCCC5CCCC4C52)CCCC3)cc1. The maximum absolute atomic E-state index is 2.40. The fourth-order valence-corrected chi connectivity index (χ4v) is 8.42. The van der Waals surface area contributed by atoms with Crippen molar-refractivity contribution in [3.05, 3.63) is 82.9 Å². The zero-order valence-electron chi connectivity index (χ0n) is 19.2. The molecule has 3 aromatic carbocycles. The van der Waals surface area contributed by atoms with Crippen LogP contribution in [0.25, 0.3) is 22.3 Å². The van der Waals surface area contributed by atoms with E-state index in [0.29, 0.717) is 0 Å². The summed E-state index contributed by atoms with van der Waals surface area (Å²) in [4.78, 5) is 0.